The fraction of sp³-hybridized carbons (Fsp3) is 0.833. The minimum Gasteiger partial charge on any atom is -0.547 e. The van der Waals surface area contributed by atoms with E-state index in [1.54, 1.807) is 0 Å². The van der Waals surface area contributed by atoms with Gasteiger partial charge in [0.05, 0.1) is 11.9 Å². The number of ether oxygens (including phenoxy) is 1. The van der Waals surface area contributed by atoms with Crippen molar-refractivity contribution in [3.63, 3.8) is 0 Å². The van der Waals surface area contributed by atoms with Gasteiger partial charge in [0.1, 0.15) is 0 Å². The second-order valence-electron chi connectivity index (χ2n) is 5.74. The van der Waals surface area contributed by atoms with Crippen LogP contribution in [0.5, 0.6) is 0 Å². The first-order chi connectivity index (χ1) is 6.99. The molecule has 3 aliphatic carbocycles. The van der Waals surface area contributed by atoms with Gasteiger partial charge in [0, 0.05) is 13.0 Å². The van der Waals surface area contributed by atoms with Crippen LogP contribution in [0.15, 0.2) is 11.8 Å². The largest absolute Gasteiger partial charge is 0.547 e. The summed E-state index contributed by atoms with van der Waals surface area (Å²) >= 11 is 0. The van der Waals surface area contributed by atoms with E-state index in [1.807, 2.05) is 7.11 Å². The van der Waals surface area contributed by atoms with Gasteiger partial charge in [-0.2, -0.15) is 0 Å². The van der Waals surface area contributed by atoms with Gasteiger partial charge in [-0.25, -0.2) is 0 Å². The summed E-state index contributed by atoms with van der Waals surface area (Å²) in [5, 5.41) is 0. The highest BCUT2D eigenvalue weighted by atomic mass is 28.4. The fourth-order valence-electron chi connectivity index (χ4n) is 2.72. The molecule has 1 fully saturated rings. The highest BCUT2D eigenvalue weighted by molar-refractivity contribution is 6.70. The van der Waals surface area contributed by atoms with Crippen LogP contribution < -0.4 is 0 Å². The van der Waals surface area contributed by atoms with E-state index in [2.05, 4.69) is 25.7 Å². The average molecular weight is 226 g/mol. The van der Waals surface area contributed by atoms with Crippen molar-refractivity contribution in [2.45, 2.75) is 45.0 Å². The highest BCUT2D eigenvalue weighted by Crippen LogP contribution is 2.43. The van der Waals surface area contributed by atoms with Gasteiger partial charge in [0.2, 0.25) is 8.32 Å². The standard InChI is InChI=1S/C12H22O2Si/c1-13-11-7-9-5-6-10(11)12(8-9)14-15(2,3)4/h8-11H,5-7H2,1-4H3/t9-,10+,11-/m0/s1. The predicted octanol–water partition coefficient (Wildman–Crippen LogP) is 3.17. The molecule has 15 heavy (non-hydrogen) atoms. The van der Waals surface area contributed by atoms with E-state index in [-0.39, 0.29) is 0 Å². The predicted molar refractivity (Wildman–Crippen MR) is 64.1 cm³/mol. The van der Waals surface area contributed by atoms with Gasteiger partial charge in [-0.15, -0.1) is 0 Å². The van der Waals surface area contributed by atoms with Crippen LogP contribution in [0.2, 0.25) is 19.6 Å². The Bertz CT molecular complexity index is 267. The first kappa shape index (κ1) is 11.2. The van der Waals surface area contributed by atoms with E-state index < -0.39 is 8.32 Å². The molecule has 0 N–H and O–H groups in total. The van der Waals surface area contributed by atoms with Crippen LogP contribution in [0.1, 0.15) is 19.3 Å². The Hall–Kier alpha value is -0.283. The normalized spacial score (nSPS) is 35.2. The van der Waals surface area contributed by atoms with Gasteiger partial charge >= 0.3 is 0 Å². The first-order valence-electron chi connectivity index (χ1n) is 5.93. The molecule has 3 atom stereocenters. The smallest absolute Gasteiger partial charge is 0.241 e. The van der Waals surface area contributed by atoms with Crippen LogP contribution in [0.4, 0.5) is 0 Å². The Kier molecular flexibility index (Phi) is 2.95. The zero-order valence-electron chi connectivity index (χ0n) is 10.2. The Labute approximate surface area is 93.8 Å². The number of hydrogen-bond donors (Lipinski definition) is 0. The topological polar surface area (TPSA) is 18.5 Å². The molecule has 2 bridgehead atoms. The molecule has 3 rings (SSSR count). The van der Waals surface area contributed by atoms with Crippen LogP contribution in [0, 0.1) is 11.8 Å². The van der Waals surface area contributed by atoms with Gasteiger partial charge in [0.25, 0.3) is 0 Å². The zero-order chi connectivity index (χ0) is 11.1. The molecular weight excluding hydrogens is 204 g/mol. The Morgan fingerprint density at radius 1 is 1.27 bits per heavy atom. The number of allylic oxidation sites excluding steroid dienone is 1. The molecule has 0 spiro atoms. The van der Waals surface area contributed by atoms with Gasteiger partial charge in [0.15, 0.2) is 0 Å². The monoisotopic (exact) mass is 226 g/mol. The summed E-state index contributed by atoms with van der Waals surface area (Å²) in [6.07, 6.45) is 6.53. The third kappa shape index (κ3) is 2.45. The lowest BCUT2D eigenvalue weighted by Gasteiger charge is -2.42. The van der Waals surface area contributed by atoms with E-state index in [9.17, 15) is 0 Å². The molecule has 0 saturated heterocycles. The minimum absolute atomic E-state index is 0.403. The molecule has 0 unspecified atom stereocenters. The lowest BCUT2D eigenvalue weighted by atomic mass is 9.73. The summed E-state index contributed by atoms with van der Waals surface area (Å²) < 4.78 is 11.7. The Morgan fingerprint density at radius 3 is 2.53 bits per heavy atom. The first-order valence-corrected chi connectivity index (χ1v) is 9.34. The number of rotatable bonds is 3. The van der Waals surface area contributed by atoms with Crippen molar-refractivity contribution in [1.29, 1.82) is 0 Å². The van der Waals surface area contributed by atoms with Crippen molar-refractivity contribution >= 4 is 8.32 Å². The van der Waals surface area contributed by atoms with Crippen molar-refractivity contribution in [2.24, 2.45) is 11.8 Å². The zero-order valence-corrected chi connectivity index (χ0v) is 11.2. The number of methoxy groups -OCH3 is 1. The fourth-order valence-corrected chi connectivity index (χ4v) is 3.64. The van der Waals surface area contributed by atoms with Gasteiger partial charge in [-0.05, 0) is 50.9 Å². The second kappa shape index (κ2) is 3.94. The maximum Gasteiger partial charge on any atom is 0.241 e. The molecule has 0 radical (unpaired) electrons. The lowest BCUT2D eigenvalue weighted by molar-refractivity contribution is 0.000674. The number of hydrogen-bond acceptors (Lipinski definition) is 2. The molecule has 3 heteroatoms. The number of fused-ring (bicyclic) bond motifs is 2. The molecule has 2 nitrogen and oxygen atoms in total. The van der Waals surface area contributed by atoms with Gasteiger partial charge < -0.3 is 9.16 Å². The molecule has 86 valence electrons. The summed E-state index contributed by atoms with van der Waals surface area (Å²) in [6.45, 7) is 6.74. The van der Waals surface area contributed by atoms with Gasteiger partial charge in [-0.3, -0.25) is 0 Å². The summed E-state index contributed by atoms with van der Waals surface area (Å²) in [6, 6.07) is 0. The Morgan fingerprint density at radius 2 is 2.00 bits per heavy atom. The van der Waals surface area contributed by atoms with Crippen molar-refractivity contribution < 1.29 is 9.16 Å². The minimum atomic E-state index is -1.45. The average Bonchev–Trinajstić information content (AvgIpc) is 2.15. The molecular formula is C12H22O2Si. The molecule has 3 aliphatic rings. The summed E-state index contributed by atoms with van der Waals surface area (Å²) in [4.78, 5) is 0. The van der Waals surface area contributed by atoms with E-state index >= 15 is 0 Å². The van der Waals surface area contributed by atoms with Crippen LogP contribution in [-0.2, 0) is 9.16 Å². The maximum atomic E-state index is 6.16. The van der Waals surface area contributed by atoms with Crippen molar-refractivity contribution in [2.75, 3.05) is 7.11 Å². The maximum absolute atomic E-state index is 6.16. The summed E-state index contributed by atoms with van der Waals surface area (Å²) in [7, 11) is 0.383. The molecule has 0 aliphatic heterocycles. The van der Waals surface area contributed by atoms with Gasteiger partial charge in [-0.1, -0.05) is 0 Å². The summed E-state index contributed by atoms with van der Waals surface area (Å²) in [5.41, 5.74) is 0. The van der Waals surface area contributed by atoms with E-state index in [0.29, 0.717) is 17.9 Å². The third-order valence-corrected chi connectivity index (χ3v) is 4.17. The highest BCUT2D eigenvalue weighted by Gasteiger charge is 2.39. The van der Waals surface area contributed by atoms with Crippen molar-refractivity contribution in [1.82, 2.24) is 0 Å². The van der Waals surface area contributed by atoms with Crippen LogP contribution >= 0.6 is 0 Å². The summed E-state index contributed by atoms with van der Waals surface area (Å²) in [5.74, 6) is 2.47. The van der Waals surface area contributed by atoms with Crippen LogP contribution in [0.25, 0.3) is 0 Å². The van der Waals surface area contributed by atoms with Crippen molar-refractivity contribution in [3.8, 4) is 0 Å². The SMILES string of the molecule is CO[C@H]1C[C@H]2C=C(O[Si](C)(C)C)[C@@H]1CC2. The van der Waals surface area contributed by atoms with E-state index in [1.165, 1.54) is 25.0 Å². The van der Waals surface area contributed by atoms with E-state index in [0.717, 1.165) is 0 Å². The molecule has 1 saturated carbocycles. The lowest BCUT2D eigenvalue weighted by Crippen LogP contribution is -2.40. The van der Waals surface area contributed by atoms with Crippen LogP contribution in [-0.4, -0.2) is 21.5 Å². The quantitative estimate of drug-likeness (QED) is 0.688. The molecule has 0 aromatic carbocycles. The van der Waals surface area contributed by atoms with E-state index in [4.69, 9.17) is 9.16 Å². The second-order valence-corrected chi connectivity index (χ2v) is 10.2. The van der Waals surface area contributed by atoms with Crippen molar-refractivity contribution in [3.05, 3.63) is 11.8 Å². The molecule has 0 aromatic rings. The molecule has 0 heterocycles. The Balaban J connectivity index is 2.12. The molecule has 0 amide bonds. The third-order valence-electron chi connectivity index (χ3n) is 3.32. The molecule has 0 aromatic heterocycles. The van der Waals surface area contributed by atoms with Crippen LogP contribution in [0.3, 0.4) is 0 Å².